The van der Waals surface area contributed by atoms with Gasteiger partial charge in [0, 0.05) is 5.56 Å². The quantitative estimate of drug-likeness (QED) is 0.874. The zero-order chi connectivity index (χ0) is 12.3. The first kappa shape index (κ1) is 11.9. The van der Waals surface area contributed by atoms with Crippen LogP contribution in [-0.4, -0.2) is 6.54 Å². The first-order chi connectivity index (χ1) is 8.22. The Bertz CT molecular complexity index is 505. The molecule has 1 heterocycles. The fraction of sp³-hybridized carbons (Fsp3) is 0.286. The van der Waals surface area contributed by atoms with E-state index in [-0.39, 0.29) is 5.82 Å². The molecule has 0 aliphatic carbocycles. The third-order valence-electron chi connectivity index (χ3n) is 2.75. The molecule has 0 saturated heterocycles. The highest BCUT2D eigenvalue weighted by molar-refractivity contribution is 5.66. The van der Waals surface area contributed by atoms with E-state index in [0.717, 1.165) is 23.4 Å². The number of hydrogen-bond donors (Lipinski definition) is 1. The minimum atomic E-state index is -0.175. The number of halogens is 1. The molecule has 0 aliphatic heterocycles. The van der Waals surface area contributed by atoms with E-state index >= 15 is 0 Å². The van der Waals surface area contributed by atoms with Gasteiger partial charge in [0.15, 0.2) is 0 Å². The smallest absolute Gasteiger partial charge is 0.126 e. The molecule has 0 atom stereocenters. The van der Waals surface area contributed by atoms with Gasteiger partial charge in [0.25, 0.3) is 0 Å². The Labute approximate surface area is 100 Å². The lowest BCUT2D eigenvalue weighted by Crippen LogP contribution is -2.11. The van der Waals surface area contributed by atoms with Crippen molar-refractivity contribution in [3.63, 3.8) is 0 Å². The third-order valence-corrected chi connectivity index (χ3v) is 2.75. The second-order valence-electron chi connectivity index (χ2n) is 4.00. The Balaban J connectivity index is 2.32. The summed E-state index contributed by atoms with van der Waals surface area (Å²) in [6.45, 7) is 5.39. The van der Waals surface area contributed by atoms with Crippen LogP contribution in [0.4, 0.5) is 4.39 Å². The van der Waals surface area contributed by atoms with Crippen molar-refractivity contribution < 1.29 is 8.81 Å². The molecule has 2 nitrogen and oxygen atoms in total. The van der Waals surface area contributed by atoms with Crippen LogP contribution in [0.25, 0.3) is 11.1 Å². The van der Waals surface area contributed by atoms with E-state index in [9.17, 15) is 4.39 Å². The van der Waals surface area contributed by atoms with Crippen LogP contribution in [0.3, 0.4) is 0 Å². The lowest BCUT2D eigenvalue weighted by Gasteiger charge is -2.05. The van der Waals surface area contributed by atoms with Gasteiger partial charge in [-0.25, -0.2) is 4.39 Å². The molecule has 17 heavy (non-hydrogen) atoms. The van der Waals surface area contributed by atoms with Gasteiger partial charge in [-0.2, -0.15) is 0 Å². The molecule has 3 heteroatoms. The van der Waals surface area contributed by atoms with Gasteiger partial charge in [0.05, 0.1) is 12.8 Å². The molecule has 0 bridgehead atoms. The molecular weight excluding hydrogens is 217 g/mol. The van der Waals surface area contributed by atoms with Gasteiger partial charge in [0.2, 0.25) is 0 Å². The molecular formula is C14H16FNO. The number of benzene rings is 1. The van der Waals surface area contributed by atoms with Crippen molar-refractivity contribution in [3.05, 3.63) is 47.7 Å². The average Bonchev–Trinajstić information content (AvgIpc) is 2.78. The molecule has 1 aromatic carbocycles. The molecule has 1 aromatic heterocycles. The van der Waals surface area contributed by atoms with E-state index < -0.39 is 0 Å². The Morgan fingerprint density at radius 1 is 1.29 bits per heavy atom. The van der Waals surface area contributed by atoms with Crippen molar-refractivity contribution >= 4 is 0 Å². The molecule has 0 amide bonds. The summed E-state index contributed by atoms with van der Waals surface area (Å²) in [6.07, 6.45) is 1.67. The molecule has 2 rings (SSSR count). The maximum atomic E-state index is 13.2. The number of rotatable bonds is 4. The largest absolute Gasteiger partial charge is 0.467 e. The Morgan fingerprint density at radius 3 is 2.82 bits per heavy atom. The number of aryl methyl sites for hydroxylation is 1. The van der Waals surface area contributed by atoms with Crippen LogP contribution in [0.1, 0.15) is 18.2 Å². The van der Waals surface area contributed by atoms with E-state index in [1.807, 2.05) is 19.1 Å². The highest BCUT2D eigenvalue weighted by atomic mass is 19.1. The van der Waals surface area contributed by atoms with Crippen LogP contribution >= 0.6 is 0 Å². The highest BCUT2D eigenvalue weighted by Gasteiger charge is 2.09. The van der Waals surface area contributed by atoms with Crippen molar-refractivity contribution in [2.75, 3.05) is 6.54 Å². The van der Waals surface area contributed by atoms with Crippen molar-refractivity contribution in [2.45, 2.75) is 20.4 Å². The molecule has 2 aromatic rings. The maximum Gasteiger partial charge on any atom is 0.126 e. The standard InChI is InChI=1S/C14H16FNO/c1-3-16-9-14-12(6-7-17-14)11-4-5-13(15)10(2)8-11/h4-8,16H,3,9H2,1-2H3. The van der Waals surface area contributed by atoms with Crippen molar-refractivity contribution in [3.8, 4) is 11.1 Å². The Hall–Kier alpha value is -1.61. The van der Waals surface area contributed by atoms with Crippen LogP contribution < -0.4 is 5.32 Å². The Morgan fingerprint density at radius 2 is 2.12 bits per heavy atom. The summed E-state index contributed by atoms with van der Waals surface area (Å²) < 4.78 is 18.6. The van der Waals surface area contributed by atoms with Gasteiger partial charge in [-0.05, 0) is 42.8 Å². The van der Waals surface area contributed by atoms with Crippen LogP contribution in [0.5, 0.6) is 0 Å². The summed E-state index contributed by atoms with van der Waals surface area (Å²) in [6, 6.07) is 7.03. The lowest BCUT2D eigenvalue weighted by atomic mass is 10.0. The zero-order valence-corrected chi connectivity index (χ0v) is 10.1. The van der Waals surface area contributed by atoms with Gasteiger partial charge >= 0.3 is 0 Å². The summed E-state index contributed by atoms with van der Waals surface area (Å²) in [7, 11) is 0. The number of furan rings is 1. The molecule has 0 spiro atoms. The maximum absolute atomic E-state index is 13.2. The summed E-state index contributed by atoms with van der Waals surface area (Å²) in [5.41, 5.74) is 2.66. The summed E-state index contributed by atoms with van der Waals surface area (Å²) in [5, 5.41) is 3.22. The fourth-order valence-electron chi connectivity index (χ4n) is 1.79. The number of nitrogens with one attached hydrogen (secondary N) is 1. The molecule has 0 fully saturated rings. The van der Waals surface area contributed by atoms with Crippen LogP contribution in [0, 0.1) is 12.7 Å². The van der Waals surface area contributed by atoms with E-state index in [2.05, 4.69) is 5.32 Å². The topological polar surface area (TPSA) is 25.2 Å². The zero-order valence-electron chi connectivity index (χ0n) is 10.1. The first-order valence-electron chi connectivity index (χ1n) is 5.76. The van der Waals surface area contributed by atoms with Gasteiger partial charge in [-0.15, -0.1) is 0 Å². The molecule has 0 radical (unpaired) electrons. The normalized spacial score (nSPS) is 10.8. The van der Waals surface area contributed by atoms with E-state index in [0.29, 0.717) is 12.1 Å². The third kappa shape index (κ3) is 2.56. The summed E-state index contributed by atoms with van der Waals surface area (Å²) in [5.74, 6) is 0.711. The lowest BCUT2D eigenvalue weighted by molar-refractivity contribution is 0.489. The average molecular weight is 233 g/mol. The monoisotopic (exact) mass is 233 g/mol. The molecule has 0 aliphatic rings. The highest BCUT2D eigenvalue weighted by Crippen LogP contribution is 2.26. The second kappa shape index (κ2) is 5.15. The van der Waals surface area contributed by atoms with Crippen molar-refractivity contribution in [1.29, 1.82) is 0 Å². The fourth-order valence-corrected chi connectivity index (χ4v) is 1.79. The minimum Gasteiger partial charge on any atom is -0.467 e. The summed E-state index contributed by atoms with van der Waals surface area (Å²) >= 11 is 0. The van der Waals surface area contributed by atoms with E-state index in [1.165, 1.54) is 6.07 Å². The molecule has 90 valence electrons. The molecule has 1 N–H and O–H groups in total. The second-order valence-corrected chi connectivity index (χ2v) is 4.00. The van der Waals surface area contributed by atoms with Crippen molar-refractivity contribution in [1.82, 2.24) is 5.32 Å². The first-order valence-corrected chi connectivity index (χ1v) is 5.76. The van der Waals surface area contributed by atoms with Gasteiger partial charge < -0.3 is 9.73 Å². The Kier molecular flexibility index (Phi) is 3.59. The SMILES string of the molecule is CCNCc1occc1-c1ccc(F)c(C)c1. The molecule has 0 unspecified atom stereocenters. The van der Waals surface area contributed by atoms with E-state index in [4.69, 9.17) is 4.42 Å². The van der Waals surface area contributed by atoms with Gasteiger partial charge in [0.1, 0.15) is 11.6 Å². The number of hydrogen-bond acceptors (Lipinski definition) is 2. The predicted molar refractivity (Wildman–Crippen MR) is 66.2 cm³/mol. The van der Waals surface area contributed by atoms with Crippen LogP contribution in [0.15, 0.2) is 34.9 Å². The molecule has 0 saturated carbocycles. The summed E-state index contributed by atoms with van der Waals surface area (Å²) in [4.78, 5) is 0. The van der Waals surface area contributed by atoms with Gasteiger partial charge in [-0.3, -0.25) is 0 Å². The van der Waals surface area contributed by atoms with Crippen LogP contribution in [0.2, 0.25) is 0 Å². The van der Waals surface area contributed by atoms with Gasteiger partial charge in [-0.1, -0.05) is 13.0 Å². The minimum absolute atomic E-state index is 0.175. The van der Waals surface area contributed by atoms with E-state index in [1.54, 1.807) is 19.3 Å². The van der Waals surface area contributed by atoms with Crippen LogP contribution in [-0.2, 0) is 6.54 Å². The predicted octanol–water partition coefficient (Wildman–Crippen LogP) is 3.50. The van der Waals surface area contributed by atoms with Crippen molar-refractivity contribution in [2.24, 2.45) is 0 Å².